The molecule has 0 N–H and O–H groups in total. The van der Waals surface area contributed by atoms with Gasteiger partial charge in [-0.05, 0) is 52.3 Å². The van der Waals surface area contributed by atoms with Crippen LogP contribution in [0.25, 0.3) is 55.6 Å². The minimum absolute atomic E-state index is 0. The Kier molecular flexibility index (Phi) is 11.9. The molecular formula is C46H48GeIrN2O-2. The van der Waals surface area contributed by atoms with E-state index in [0.717, 1.165) is 56.4 Å². The molecule has 3 aromatic heterocycles. The molecular weight excluding hydrogens is 861 g/mol. The van der Waals surface area contributed by atoms with Gasteiger partial charge in [0.2, 0.25) is 0 Å². The predicted molar refractivity (Wildman–Crippen MR) is 215 cm³/mol. The third kappa shape index (κ3) is 8.98. The van der Waals surface area contributed by atoms with Gasteiger partial charge in [-0.15, -0.1) is 18.2 Å². The fourth-order valence-corrected chi connectivity index (χ4v) is 10.1. The third-order valence-corrected chi connectivity index (χ3v) is 13.6. The number of rotatable bonds is 6. The first-order chi connectivity index (χ1) is 23.8. The van der Waals surface area contributed by atoms with Crippen molar-refractivity contribution in [2.45, 2.75) is 70.6 Å². The van der Waals surface area contributed by atoms with Crippen molar-refractivity contribution >= 4 is 39.6 Å². The molecule has 7 aromatic rings. The van der Waals surface area contributed by atoms with E-state index >= 15 is 0 Å². The van der Waals surface area contributed by atoms with Crippen molar-refractivity contribution in [3.8, 4) is 33.6 Å². The van der Waals surface area contributed by atoms with Crippen molar-refractivity contribution in [2.24, 2.45) is 5.92 Å². The molecule has 0 aliphatic carbocycles. The molecule has 263 valence electrons. The molecule has 0 saturated carbocycles. The Morgan fingerprint density at radius 1 is 0.765 bits per heavy atom. The topological polar surface area (TPSA) is 38.9 Å². The fourth-order valence-electron chi connectivity index (χ4n) is 6.52. The number of fused-ring (bicyclic) bond motifs is 3. The van der Waals surface area contributed by atoms with E-state index in [2.05, 4.69) is 160 Å². The fraction of sp³-hybridized carbons (Fsp3) is 0.261. The summed E-state index contributed by atoms with van der Waals surface area (Å²) in [6.45, 7) is 13.4. The number of nitrogens with zero attached hydrogens (tertiary/aromatic N) is 2. The minimum atomic E-state index is -1.77. The molecule has 0 saturated heterocycles. The van der Waals surface area contributed by atoms with Gasteiger partial charge >= 0.3 is 106 Å². The van der Waals surface area contributed by atoms with E-state index in [1.165, 1.54) is 26.6 Å². The Labute approximate surface area is 320 Å². The average Bonchev–Trinajstić information content (AvgIpc) is 3.46. The second-order valence-electron chi connectivity index (χ2n) is 15.8. The van der Waals surface area contributed by atoms with E-state index in [-0.39, 0.29) is 25.5 Å². The molecule has 0 unspecified atom stereocenters. The van der Waals surface area contributed by atoms with Crippen LogP contribution >= 0.6 is 0 Å². The normalized spacial score (nSPS) is 11.7. The van der Waals surface area contributed by atoms with Crippen LogP contribution in [0.1, 0.15) is 51.3 Å². The van der Waals surface area contributed by atoms with Crippen LogP contribution in [-0.4, -0.2) is 23.2 Å². The first-order valence-electron chi connectivity index (χ1n) is 17.7. The number of pyridine rings is 2. The molecule has 0 aliphatic heterocycles. The van der Waals surface area contributed by atoms with Crippen LogP contribution in [0.5, 0.6) is 0 Å². The Bertz CT molecular complexity index is 2240. The van der Waals surface area contributed by atoms with Gasteiger partial charge in [-0.2, -0.15) is 0 Å². The largest absolute Gasteiger partial charge is 0 e. The number of hydrogen-bond acceptors (Lipinski definition) is 3. The Hall–Kier alpha value is -3.83. The zero-order valence-corrected chi connectivity index (χ0v) is 35.8. The van der Waals surface area contributed by atoms with Gasteiger partial charge in [0, 0.05) is 31.7 Å². The molecule has 0 fully saturated rings. The maximum absolute atomic E-state index is 6.43. The van der Waals surface area contributed by atoms with Gasteiger partial charge < -0.3 is 9.40 Å². The second kappa shape index (κ2) is 15.8. The number of benzene rings is 4. The molecule has 0 amide bonds. The van der Waals surface area contributed by atoms with Crippen LogP contribution in [-0.2, 0) is 31.9 Å². The Morgan fingerprint density at radius 3 is 2.16 bits per heavy atom. The summed E-state index contributed by atoms with van der Waals surface area (Å²) in [5.74, 6) is 7.80. The number of hydrogen-bond donors (Lipinski definition) is 0. The first kappa shape index (κ1) is 38.4. The molecule has 0 spiro atoms. The van der Waals surface area contributed by atoms with Crippen LogP contribution < -0.4 is 4.40 Å². The van der Waals surface area contributed by atoms with Crippen molar-refractivity contribution in [1.82, 2.24) is 9.97 Å². The quantitative estimate of drug-likeness (QED) is 0.123. The predicted octanol–water partition coefficient (Wildman–Crippen LogP) is 12.0. The van der Waals surface area contributed by atoms with Crippen LogP contribution in [0.4, 0.5) is 0 Å². The molecule has 3 nitrogen and oxygen atoms in total. The van der Waals surface area contributed by atoms with Crippen molar-refractivity contribution in [3.05, 3.63) is 138 Å². The van der Waals surface area contributed by atoms with Crippen LogP contribution in [0.3, 0.4) is 0 Å². The van der Waals surface area contributed by atoms with Crippen LogP contribution in [0, 0.1) is 25.0 Å². The molecule has 5 heteroatoms. The second-order valence-corrected chi connectivity index (χ2v) is 26.4. The van der Waals surface area contributed by atoms with Crippen molar-refractivity contribution < 1.29 is 24.5 Å². The van der Waals surface area contributed by atoms with Crippen molar-refractivity contribution in [1.29, 1.82) is 0 Å². The molecule has 1 radical (unpaired) electrons. The molecule has 0 atom stereocenters. The monoisotopic (exact) mass is 911 g/mol. The Balaban J connectivity index is 0.000000237. The summed E-state index contributed by atoms with van der Waals surface area (Å²) < 4.78 is 7.92. The van der Waals surface area contributed by atoms with E-state index in [0.29, 0.717) is 5.92 Å². The van der Waals surface area contributed by atoms with Gasteiger partial charge in [-0.1, -0.05) is 93.6 Å². The zero-order chi connectivity index (χ0) is 35.6. The van der Waals surface area contributed by atoms with Gasteiger partial charge in [-0.25, -0.2) is 0 Å². The van der Waals surface area contributed by atoms with Crippen molar-refractivity contribution in [3.63, 3.8) is 0 Å². The summed E-state index contributed by atoms with van der Waals surface area (Å²) in [5.41, 5.74) is 12.2. The third-order valence-electron chi connectivity index (χ3n) is 9.15. The summed E-state index contributed by atoms with van der Waals surface area (Å²) in [6.07, 6.45) is 5.00. The maximum atomic E-state index is 6.43. The zero-order valence-electron chi connectivity index (χ0n) is 31.3. The van der Waals surface area contributed by atoms with Gasteiger partial charge in [0.15, 0.2) is 0 Å². The van der Waals surface area contributed by atoms with E-state index in [1.807, 2.05) is 30.5 Å². The standard InChI is InChI=1S/C31H30NO.C15H18GeN.Ir/c1-20(2)17-21-15-16-32-28(18-21)27-8-6-7-26-25-14-11-23(19-29(25)33-30(26)27)22-9-12-24(13-10-22)31(3,4)5;1-12-10-15(13-8-6-5-7-9-13)17-11-14(12)16(2,3)4;/h6-7,9-16,18-20H,17H2,1-5H3;5-8,10-11H,1-4H3;/q2*-1;. The molecule has 0 aliphatic rings. The molecule has 7 rings (SSSR count). The van der Waals surface area contributed by atoms with Gasteiger partial charge in [0.1, 0.15) is 5.58 Å². The van der Waals surface area contributed by atoms with Gasteiger partial charge in [-0.3, -0.25) is 0 Å². The van der Waals surface area contributed by atoms with E-state index in [1.54, 1.807) is 0 Å². The number of aromatic nitrogens is 2. The summed E-state index contributed by atoms with van der Waals surface area (Å²) >= 11 is -1.77. The van der Waals surface area contributed by atoms with Crippen molar-refractivity contribution in [2.75, 3.05) is 0 Å². The minimum Gasteiger partial charge on any atom is 0 e. The number of furan rings is 1. The first-order valence-corrected chi connectivity index (χ1v) is 25.0. The molecule has 51 heavy (non-hydrogen) atoms. The maximum Gasteiger partial charge on any atom is 0 e. The molecule has 3 heterocycles. The van der Waals surface area contributed by atoms with E-state index in [9.17, 15) is 0 Å². The van der Waals surface area contributed by atoms with Gasteiger partial charge in [0.05, 0.1) is 5.58 Å². The molecule has 4 aromatic carbocycles. The van der Waals surface area contributed by atoms with Gasteiger partial charge in [0.25, 0.3) is 0 Å². The summed E-state index contributed by atoms with van der Waals surface area (Å²) in [6, 6.07) is 40.5. The van der Waals surface area contributed by atoms with E-state index in [4.69, 9.17) is 4.42 Å². The van der Waals surface area contributed by atoms with Crippen LogP contribution in [0.2, 0.25) is 17.3 Å². The molecule has 0 bridgehead atoms. The number of aryl methyl sites for hydroxylation is 1. The summed E-state index contributed by atoms with van der Waals surface area (Å²) in [5, 5.41) is 2.22. The Morgan fingerprint density at radius 2 is 1.51 bits per heavy atom. The average molecular weight is 910 g/mol. The van der Waals surface area contributed by atoms with Crippen LogP contribution in [0.15, 0.2) is 114 Å². The van der Waals surface area contributed by atoms with E-state index < -0.39 is 13.3 Å². The summed E-state index contributed by atoms with van der Waals surface area (Å²) in [7, 11) is 0. The summed E-state index contributed by atoms with van der Waals surface area (Å²) in [4.78, 5) is 9.23. The SMILES string of the molecule is CC(C)Cc1ccnc(-c2[c-]ccc3c2oc2cc(-c4ccc(C(C)(C)C)cc4)ccc23)c1.Cc1cc(-c2[c-]cccc2)nc[c]1[Ge]([CH3])([CH3])[CH3].[Ir]. The smallest absolute Gasteiger partial charge is 0 e.